The second kappa shape index (κ2) is 9.75. The Kier molecular flexibility index (Phi) is 7.65. The van der Waals surface area contributed by atoms with Gasteiger partial charge < -0.3 is 10.1 Å². The van der Waals surface area contributed by atoms with E-state index in [9.17, 15) is 17.6 Å². The highest BCUT2D eigenvalue weighted by Gasteiger charge is 2.31. The lowest BCUT2D eigenvalue weighted by Crippen LogP contribution is -2.50. The number of hydrogen-bond acceptors (Lipinski definition) is 4. The number of nitrogens with zero attached hydrogens (tertiary/aromatic N) is 1. The van der Waals surface area contributed by atoms with Gasteiger partial charge in [0.25, 0.3) is 0 Å². The molecule has 0 radical (unpaired) electrons. The lowest BCUT2D eigenvalue weighted by atomic mass is 10.2. The SMILES string of the molecule is CCC(C(=O)NCCOc1ccc(F)cc1)N(c1ccc(Cl)cc1)S(C)(=O)=O. The number of anilines is 1. The minimum atomic E-state index is -3.70. The van der Waals surface area contributed by atoms with Crippen molar-refractivity contribution in [3.05, 3.63) is 59.4 Å². The minimum absolute atomic E-state index is 0.160. The quantitative estimate of drug-likeness (QED) is 0.622. The van der Waals surface area contributed by atoms with E-state index in [2.05, 4.69) is 5.32 Å². The lowest BCUT2D eigenvalue weighted by molar-refractivity contribution is -0.122. The van der Waals surface area contributed by atoms with Gasteiger partial charge in [0.2, 0.25) is 15.9 Å². The zero-order valence-electron chi connectivity index (χ0n) is 15.6. The molecule has 1 N–H and O–H groups in total. The Hall–Kier alpha value is -2.32. The molecule has 0 aliphatic heterocycles. The van der Waals surface area contributed by atoms with Crippen LogP contribution >= 0.6 is 11.6 Å². The third kappa shape index (κ3) is 6.10. The zero-order chi connectivity index (χ0) is 20.7. The highest BCUT2D eigenvalue weighted by molar-refractivity contribution is 7.92. The number of ether oxygens (including phenoxy) is 1. The fourth-order valence-corrected chi connectivity index (χ4v) is 3.98. The summed E-state index contributed by atoms with van der Waals surface area (Å²) in [4.78, 5) is 12.6. The molecular weight excluding hydrogens is 407 g/mol. The molecule has 152 valence electrons. The van der Waals surface area contributed by atoms with E-state index < -0.39 is 22.0 Å². The zero-order valence-corrected chi connectivity index (χ0v) is 17.1. The Labute approximate surface area is 169 Å². The van der Waals surface area contributed by atoms with Crippen LogP contribution in [0.15, 0.2) is 48.5 Å². The lowest BCUT2D eigenvalue weighted by Gasteiger charge is -2.30. The molecule has 2 rings (SSSR count). The first-order chi connectivity index (χ1) is 13.2. The molecule has 1 atom stereocenters. The predicted molar refractivity (Wildman–Crippen MR) is 108 cm³/mol. The second-order valence-electron chi connectivity index (χ2n) is 6.05. The van der Waals surface area contributed by atoms with Gasteiger partial charge in [-0.1, -0.05) is 18.5 Å². The van der Waals surface area contributed by atoms with Gasteiger partial charge in [-0.15, -0.1) is 0 Å². The van der Waals surface area contributed by atoms with Gasteiger partial charge >= 0.3 is 0 Å². The summed E-state index contributed by atoms with van der Waals surface area (Å²) in [7, 11) is -3.70. The van der Waals surface area contributed by atoms with Gasteiger partial charge in [-0.05, 0) is 55.0 Å². The van der Waals surface area contributed by atoms with Crippen molar-refractivity contribution in [2.24, 2.45) is 0 Å². The standard InChI is InChI=1S/C19H22ClFN2O4S/c1-3-18(23(28(2,25)26)16-8-4-14(20)5-9-16)19(24)22-12-13-27-17-10-6-15(21)7-11-17/h4-11,18H,3,12-13H2,1-2H3,(H,22,24). The van der Waals surface area contributed by atoms with Crippen molar-refractivity contribution in [2.45, 2.75) is 19.4 Å². The van der Waals surface area contributed by atoms with Gasteiger partial charge in [-0.25, -0.2) is 12.8 Å². The number of hydrogen-bond donors (Lipinski definition) is 1. The summed E-state index contributed by atoms with van der Waals surface area (Å²) in [6.07, 6.45) is 1.33. The monoisotopic (exact) mass is 428 g/mol. The van der Waals surface area contributed by atoms with Crippen LogP contribution in [0.4, 0.5) is 10.1 Å². The first kappa shape index (κ1) is 22.0. The number of halogens is 2. The van der Waals surface area contributed by atoms with Crippen LogP contribution in [0.2, 0.25) is 5.02 Å². The van der Waals surface area contributed by atoms with Crippen molar-refractivity contribution in [3.63, 3.8) is 0 Å². The molecule has 0 aliphatic rings. The molecule has 1 amide bonds. The Balaban J connectivity index is 2.02. The topological polar surface area (TPSA) is 75.7 Å². The van der Waals surface area contributed by atoms with Crippen LogP contribution in [0.3, 0.4) is 0 Å². The Morgan fingerprint density at radius 2 is 1.79 bits per heavy atom. The van der Waals surface area contributed by atoms with Crippen LogP contribution in [-0.4, -0.2) is 39.8 Å². The maximum Gasteiger partial charge on any atom is 0.244 e. The maximum atomic E-state index is 12.9. The molecule has 0 bridgehead atoms. The van der Waals surface area contributed by atoms with E-state index in [1.807, 2.05) is 0 Å². The van der Waals surface area contributed by atoms with Crippen molar-refractivity contribution >= 4 is 33.2 Å². The van der Waals surface area contributed by atoms with Gasteiger partial charge in [0.15, 0.2) is 0 Å². The number of benzene rings is 2. The van der Waals surface area contributed by atoms with Gasteiger partial charge in [0.1, 0.15) is 24.2 Å². The molecule has 0 aliphatic carbocycles. The van der Waals surface area contributed by atoms with Crippen molar-refractivity contribution < 1.29 is 22.3 Å². The van der Waals surface area contributed by atoms with E-state index in [-0.39, 0.29) is 25.4 Å². The highest BCUT2D eigenvalue weighted by Crippen LogP contribution is 2.24. The smallest absolute Gasteiger partial charge is 0.244 e. The summed E-state index contributed by atoms with van der Waals surface area (Å²) in [5.74, 6) is -0.332. The van der Waals surface area contributed by atoms with E-state index in [1.165, 1.54) is 24.3 Å². The van der Waals surface area contributed by atoms with E-state index in [1.54, 1.807) is 31.2 Å². The third-order valence-corrected chi connectivity index (χ3v) is 5.33. The van der Waals surface area contributed by atoms with Gasteiger partial charge in [-0.2, -0.15) is 0 Å². The van der Waals surface area contributed by atoms with Gasteiger partial charge in [0.05, 0.1) is 18.5 Å². The molecule has 6 nitrogen and oxygen atoms in total. The van der Waals surface area contributed by atoms with Crippen LogP contribution in [0.1, 0.15) is 13.3 Å². The molecule has 0 fully saturated rings. The fraction of sp³-hybridized carbons (Fsp3) is 0.316. The Morgan fingerprint density at radius 3 is 2.32 bits per heavy atom. The first-order valence-corrected chi connectivity index (χ1v) is 10.9. The predicted octanol–water partition coefficient (Wildman–Crippen LogP) is 3.22. The molecule has 28 heavy (non-hydrogen) atoms. The molecule has 2 aromatic rings. The molecule has 0 saturated carbocycles. The van der Waals surface area contributed by atoms with E-state index in [4.69, 9.17) is 16.3 Å². The van der Waals surface area contributed by atoms with Gasteiger partial charge in [-0.3, -0.25) is 9.10 Å². The highest BCUT2D eigenvalue weighted by atomic mass is 35.5. The van der Waals surface area contributed by atoms with Crippen LogP contribution in [-0.2, 0) is 14.8 Å². The third-order valence-electron chi connectivity index (χ3n) is 3.89. The summed E-state index contributed by atoms with van der Waals surface area (Å²) in [5, 5.41) is 3.14. The van der Waals surface area contributed by atoms with Crippen LogP contribution in [0, 0.1) is 5.82 Å². The minimum Gasteiger partial charge on any atom is -0.492 e. The number of rotatable bonds is 9. The van der Waals surface area contributed by atoms with E-state index in [0.717, 1.165) is 10.6 Å². The molecule has 9 heteroatoms. The molecular formula is C19H22ClFN2O4S. The number of carbonyl (C=O) groups is 1. The summed E-state index contributed by atoms with van der Waals surface area (Å²) in [6.45, 7) is 2.06. The average Bonchev–Trinajstić information content (AvgIpc) is 2.64. The van der Waals surface area contributed by atoms with E-state index >= 15 is 0 Å². The van der Waals surface area contributed by atoms with Crippen LogP contribution in [0.5, 0.6) is 5.75 Å². The molecule has 0 spiro atoms. The van der Waals surface area contributed by atoms with Crippen LogP contribution in [0.25, 0.3) is 0 Å². The van der Waals surface area contributed by atoms with Crippen molar-refractivity contribution in [1.29, 1.82) is 0 Å². The molecule has 0 aromatic heterocycles. The summed E-state index contributed by atoms with van der Waals surface area (Å²) in [6, 6.07) is 10.8. The average molecular weight is 429 g/mol. The first-order valence-electron chi connectivity index (χ1n) is 8.63. The summed E-state index contributed by atoms with van der Waals surface area (Å²) in [5.41, 5.74) is 0.358. The maximum absolute atomic E-state index is 12.9. The molecule has 1 unspecified atom stereocenters. The molecule has 0 saturated heterocycles. The van der Waals surface area contributed by atoms with E-state index in [0.29, 0.717) is 16.5 Å². The number of sulfonamides is 1. The molecule has 0 heterocycles. The Morgan fingerprint density at radius 1 is 1.18 bits per heavy atom. The van der Waals surface area contributed by atoms with Crippen LogP contribution < -0.4 is 14.4 Å². The van der Waals surface area contributed by atoms with Crippen molar-refractivity contribution in [3.8, 4) is 5.75 Å². The normalized spacial score (nSPS) is 12.3. The fourth-order valence-electron chi connectivity index (χ4n) is 2.64. The number of carbonyl (C=O) groups excluding carboxylic acids is 1. The summed E-state index contributed by atoms with van der Waals surface area (Å²) >= 11 is 5.87. The second-order valence-corrected chi connectivity index (χ2v) is 8.35. The molecule has 2 aromatic carbocycles. The number of amides is 1. The summed E-state index contributed by atoms with van der Waals surface area (Å²) < 4.78 is 44.0. The Bertz CT molecular complexity index is 889. The van der Waals surface area contributed by atoms with Crippen molar-refractivity contribution in [1.82, 2.24) is 5.32 Å². The van der Waals surface area contributed by atoms with Gasteiger partial charge in [0, 0.05) is 5.02 Å². The number of nitrogens with one attached hydrogen (secondary N) is 1. The largest absolute Gasteiger partial charge is 0.492 e. The van der Waals surface area contributed by atoms with Crippen molar-refractivity contribution in [2.75, 3.05) is 23.7 Å².